The van der Waals surface area contributed by atoms with Crippen LogP contribution in [0.4, 0.5) is 11.5 Å². The molecule has 118 valence electrons. The molecule has 7 nitrogen and oxygen atoms in total. The van der Waals surface area contributed by atoms with Crippen LogP contribution in [-0.4, -0.2) is 48.0 Å². The van der Waals surface area contributed by atoms with E-state index < -0.39 is 0 Å². The third kappa shape index (κ3) is 4.60. The number of nitrogens with one attached hydrogen (secondary N) is 2. The van der Waals surface area contributed by atoms with Crippen LogP contribution in [0.15, 0.2) is 18.3 Å². The first kappa shape index (κ1) is 16.0. The van der Waals surface area contributed by atoms with Gasteiger partial charge >= 0.3 is 0 Å². The summed E-state index contributed by atoms with van der Waals surface area (Å²) < 4.78 is 0. The second kappa shape index (κ2) is 8.20. The van der Waals surface area contributed by atoms with Gasteiger partial charge in [0.25, 0.3) is 0 Å². The SMILES string of the molecule is N#CC1CCCN1C(=O)CNCCCNc1ccc(N)cn1. The Kier molecular flexibility index (Phi) is 5.98. The zero-order chi connectivity index (χ0) is 15.8. The first-order valence-electron chi connectivity index (χ1n) is 7.56. The number of pyridine rings is 1. The third-order valence-electron chi connectivity index (χ3n) is 3.62. The van der Waals surface area contributed by atoms with E-state index in [2.05, 4.69) is 21.7 Å². The Hall–Kier alpha value is -2.33. The summed E-state index contributed by atoms with van der Waals surface area (Å²) in [7, 11) is 0. The summed E-state index contributed by atoms with van der Waals surface area (Å²) in [6.07, 6.45) is 4.20. The predicted octanol–water partition coefficient (Wildman–Crippen LogP) is 0.570. The monoisotopic (exact) mass is 302 g/mol. The number of anilines is 2. The van der Waals surface area contributed by atoms with Crippen LogP contribution < -0.4 is 16.4 Å². The van der Waals surface area contributed by atoms with Gasteiger partial charge in [0.1, 0.15) is 11.9 Å². The van der Waals surface area contributed by atoms with E-state index >= 15 is 0 Å². The molecular formula is C15H22N6O. The molecule has 7 heteroatoms. The normalized spacial score (nSPS) is 17.2. The number of aromatic nitrogens is 1. The van der Waals surface area contributed by atoms with Crippen LogP contribution in [-0.2, 0) is 4.79 Å². The second-order valence-corrected chi connectivity index (χ2v) is 5.31. The molecule has 2 heterocycles. The number of carbonyl (C=O) groups excluding carboxylic acids is 1. The highest BCUT2D eigenvalue weighted by Crippen LogP contribution is 2.15. The average molecular weight is 302 g/mol. The van der Waals surface area contributed by atoms with Crippen molar-refractivity contribution >= 4 is 17.4 Å². The quantitative estimate of drug-likeness (QED) is 0.636. The van der Waals surface area contributed by atoms with E-state index in [0.29, 0.717) is 12.2 Å². The number of hydrogen-bond acceptors (Lipinski definition) is 6. The minimum absolute atomic E-state index is 0.0113. The smallest absolute Gasteiger partial charge is 0.237 e. The Morgan fingerprint density at radius 2 is 2.36 bits per heavy atom. The molecule has 1 atom stereocenters. The van der Waals surface area contributed by atoms with E-state index in [9.17, 15) is 4.79 Å². The maximum absolute atomic E-state index is 12.0. The molecule has 1 aromatic rings. The van der Waals surface area contributed by atoms with Crippen molar-refractivity contribution in [2.75, 3.05) is 37.2 Å². The van der Waals surface area contributed by atoms with Crippen LogP contribution in [0, 0.1) is 11.3 Å². The highest BCUT2D eigenvalue weighted by molar-refractivity contribution is 5.79. The molecule has 0 radical (unpaired) electrons. The van der Waals surface area contributed by atoms with Crippen molar-refractivity contribution in [1.29, 1.82) is 5.26 Å². The number of rotatable bonds is 7. The maximum Gasteiger partial charge on any atom is 0.237 e. The molecule has 2 rings (SSSR count). The van der Waals surface area contributed by atoms with E-state index in [-0.39, 0.29) is 18.5 Å². The first-order chi connectivity index (χ1) is 10.7. The molecule has 0 saturated carbocycles. The van der Waals surface area contributed by atoms with Gasteiger partial charge in [-0.2, -0.15) is 5.26 Å². The number of amides is 1. The number of nitrogen functional groups attached to an aromatic ring is 1. The fourth-order valence-corrected chi connectivity index (χ4v) is 2.44. The highest BCUT2D eigenvalue weighted by atomic mass is 16.2. The second-order valence-electron chi connectivity index (χ2n) is 5.31. The zero-order valence-corrected chi connectivity index (χ0v) is 12.6. The molecular weight excluding hydrogens is 280 g/mol. The lowest BCUT2D eigenvalue weighted by molar-refractivity contribution is -0.130. The highest BCUT2D eigenvalue weighted by Gasteiger charge is 2.27. The van der Waals surface area contributed by atoms with Crippen molar-refractivity contribution in [2.45, 2.75) is 25.3 Å². The standard InChI is InChI=1S/C15H22N6O/c16-9-13-3-1-8-21(13)15(22)11-18-6-2-7-19-14-5-4-12(17)10-20-14/h4-5,10,13,18H,1-3,6-8,11,17H2,(H,19,20). The van der Waals surface area contributed by atoms with E-state index in [0.717, 1.165) is 38.2 Å². The van der Waals surface area contributed by atoms with Crippen molar-refractivity contribution < 1.29 is 4.79 Å². The minimum atomic E-state index is -0.243. The Morgan fingerprint density at radius 3 is 3.09 bits per heavy atom. The van der Waals surface area contributed by atoms with E-state index in [1.807, 2.05) is 6.07 Å². The lowest BCUT2D eigenvalue weighted by Gasteiger charge is -2.19. The first-order valence-corrected chi connectivity index (χ1v) is 7.56. The summed E-state index contributed by atoms with van der Waals surface area (Å²) in [4.78, 5) is 17.8. The van der Waals surface area contributed by atoms with Gasteiger partial charge in [0.15, 0.2) is 0 Å². The molecule has 1 amide bonds. The third-order valence-corrected chi connectivity index (χ3v) is 3.62. The van der Waals surface area contributed by atoms with Crippen molar-refractivity contribution in [3.8, 4) is 6.07 Å². The number of nitriles is 1. The van der Waals surface area contributed by atoms with Crippen LogP contribution >= 0.6 is 0 Å². The van der Waals surface area contributed by atoms with Crippen molar-refractivity contribution in [1.82, 2.24) is 15.2 Å². The van der Waals surface area contributed by atoms with E-state index in [1.165, 1.54) is 0 Å². The largest absolute Gasteiger partial charge is 0.397 e. The molecule has 1 aliphatic heterocycles. The topological polar surface area (TPSA) is 107 Å². The summed E-state index contributed by atoms with van der Waals surface area (Å²) in [5.41, 5.74) is 6.21. The van der Waals surface area contributed by atoms with Crippen molar-refractivity contribution in [2.24, 2.45) is 0 Å². The molecule has 1 unspecified atom stereocenters. The summed E-state index contributed by atoms with van der Waals surface area (Å²) >= 11 is 0. The Balaban J connectivity index is 1.56. The molecule has 4 N–H and O–H groups in total. The van der Waals surface area contributed by atoms with Gasteiger partial charge in [-0.3, -0.25) is 4.79 Å². The van der Waals surface area contributed by atoms with Crippen molar-refractivity contribution in [3.63, 3.8) is 0 Å². The lowest BCUT2D eigenvalue weighted by atomic mass is 10.2. The predicted molar refractivity (Wildman–Crippen MR) is 85.0 cm³/mol. The fourth-order valence-electron chi connectivity index (χ4n) is 2.44. The molecule has 0 bridgehead atoms. The van der Waals surface area contributed by atoms with E-state index in [4.69, 9.17) is 11.0 Å². The van der Waals surface area contributed by atoms with Crippen LogP contribution in [0.25, 0.3) is 0 Å². The van der Waals surface area contributed by atoms with Gasteiger partial charge in [-0.05, 0) is 37.9 Å². The Morgan fingerprint density at radius 1 is 1.50 bits per heavy atom. The van der Waals surface area contributed by atoms with Gasteiger partial charge < -0.3 is 21.3 Å². The number of nitrogens with zero attached hydrogens (tertiary/aromatic N) is 3. The summed E-state index contributed by atoms with van der Waals surface area (Å²) in [6, 6.07) is 5.57. The number of hydrogen-bond donors (Lipinski definition) is 3. The van der Waals surface area contributed by atoms with Gasteiger partial charge in [-0.1, -0.05) is 0 Å². The molecule has 0 spiro atoms. The summed E-state index contributed by atoms with van der Waals surface area (Å²) in [5.74, 6) is 0.802. The Bertz CT molecular complexity index is 524. The molecule has 0 aromatic carbocycles. The Labute approximate surface area is 130 Å². The maximum atomic E-state index is 12.0. The number of carbonyl (C=O) groups is 1. The number of likely N-dealkylation sites (tertiary alicyclic amines) is 1. The molecule has 1 aromatic heterocycles. The van der Waals surface area contributed by atoms with Crippen LogP contribution in [0.3, 0.4) is 0 Å². The van der Waals surface area contributed by atoms with E-state index in [1.54, 1.807) is 17.2 Å². The summed E-state index contributed by atoms with van der Waals surface area (Å²) in [6.45, 7) is 2.49. The van der Waals surface area contributed by atoms with Gasteiger partial charge in [0.05, 0.1) is 24.5 Å². The zero-order valence-electron chi connectivity index (χ0n) is 12.6. The minimum Gasteiger partial charge on any atom is -0.397 e. The van der Waals surface area contributed by atoms with Gasteiger partial charge in [-0.15, -0.1) is 0 Å². The molecule has 1 saturated heterocycles. The average Bonchev–Trinajstić information content (AvgIpc) is 3.01. The molecule has 1 aliphatic rings. The molecule has 0 aliphatic carbocycles. The van der Waals surface area contributed by atoms with Crippen LogP contribution in [0.2, 0.25) is 0 Å². The number of nitrogens with two attached hydrogens (primary N) is 1. The van der Waals surface area contributed by atoms with Crippen LogP contribution in [0.5, 0.6) is 0 Å². The van der Waals surface area contributed by atoms with Gasteiger partial charge in [-0.25, -0.2) is 4.98 Å². The van der Waals surface area contributed by atoms with Gasteiger partial charge in [0.2, 0.25) is 5.91 Å². The van der Waals surface area contributed by atoms with Crippen LogP contribution in [0.1, 0.15) is 19.3 Å². The lowest BCUT2D eigenvalue weighted by Crippen LogP contribution is -2.40. The molecule has 1 fully saturated rings. The van der Waals surface area contributed by atoms with Gasteiger partial charge in [0, 0.05) is 13.1 Å². The summed E-state index contributed by atoms with van der Waals surface area (Å²) in [5, 5.41) is 15.3. The fraction of sp³-hybridized carbons (Fsp3) is 0.533. The molecule has 22 heavy (non-hydrogen) atoms. The van der Waals surface area contributed by atoms with Crippen molar-refractivity contribution in [3.05, 3.63) is 18.3 Å².